The maximum absolute atomic E-state index is 12.1. The molecular formula is C14H14N2O4S. The van der Waals surface area contributed by atoms with E-state index < -0.39 is 5.97 Å². The molecule has 0 aliphatic heterocycles. The first kappa shape index (κ1) is 15.0. The van der Waals surface area contributed by atoms with Crippen molar-refractivity contribution in [1.82, 2.24) is 9.78 Å². The molecule has 2 rings (SSSR count). The molecule has 0 fully saturated rings. The Bertz CT molecular complexity index is 826. The van der Waals surface area contributed by atoms with Gasteiger partial charge in [0, 0.05) is 22.1 Å². The van der Waals surface area contributed by atoms with E-state index in [2.05, 4.69) is 5.10 Å². The lowest BCUT2D eigenvalue weighted by Crippen LogP contribution is -2.33. The molecule has 2 N–H and O–H groups in total. The third-order valence-corrected chi connectivity index (χ3v) is 4.11. The fourth-order valence-corrected chi connectivity index (χ4v) is 2.69. The number of aliphatic carboxylic acids is 1. The molecule has 0 radical (unpaired) electrons. The summed E-state index contributed by atoms with van der Waals surface area (Å²) in [6.45, 7) is 3.42. The molecule has 110 valence electrons. The second-order valence-electron chi connectivity index (χ2n) is 4.55. The summed E-state index contributed by atoms with van der Waals surface area (Å²) in [5.41, 5.74) is 0.986. The fourth-order valence-electron chi connectivity index (χ4n) is 1.83. The smallest absolute Gasteiger partial charge is 0.328 e. The van der Waals surface area contributed by atoms with E-state index in [1.165, 1.54) is 22.1 Å². The van der Waals surface area contributed by atoms with Gasteiger partial charge in [-0.3, -0.25) is 14.7 Å². The van der Waals surface area contributed by atoms with E-state index in [-0.39, 0.29) is 17.7 Å². The van der Waals surface area contributed by atoms with Crippen molar-refractivity contribution in [2.75, 3.05) is 0 Å². The van der Waals surface area contributed by atoms with Gasteiger partial charge in [0.2, 0.25) is 0 Å². The molecule has 0 aliphatic carbocycles. The number of aromatic nitrogens is 2. The van der Waals surface area contributed by atoms with Crippen LogP contribution in [0.4, 0.5) is 0 Å². The Labute approximate surface area is 124 Å². The normalized spacial score (nSPS) is 11.1. The average Bonchev–Trinajstić information content (AvgIpc) is 2.87. The Morgan fingerprint density at radius 2 is 2.10 bits per heavy atom. The molecule has 21 heavy (non-hydrogen) atoms. The molecular weight excluding hydrogens is 292 g/mol. The van der Waals surface area contributed by atoms with Crippen LogP contribution in [0.5, 0.6) is 0 Å². The molecule has 2 aromatic heterocycles. The molecule has 6 nitrogen and oxygen atoms in total. The molecule has 0 aliphatic rings. The highest BCUT2D eigenvalue weighted by atomic mass is 32.1. The Balaban J connectivity index is 2.41. The minimum absolute atomic E-state index is 0.201. The van der Waals surface area contributed by atoms with Crippen molar-refractivity contribution in [1.29, 1.82) is 0 Å². The number of thiophene rings is 1. The van der Waals surface area contributed by atoms with Crippen molar-refractivity contribution < 1.29 is 9.90 Å². The summed E-state index contributed by atoms with van der Waals surface area (Å²) in [5, 5.41) is 13.0. The number of carboxylic acids is 1. The SMILES string of the molecule is Cc1c(C)c(=O)n(Cc2sccc2C=CC(=O)O)[nH]c1=O. The molecule has 2 heterocycles. The third-order valence-electron chi connectivity index (χ3n) is 3.19. The van der Waals surface area contributed by atoms with Crippen molar-refractivity contribution in [3.05, 3.63) is 59.8 Å². The lowest BCUT2D eigenvalue weighted by atomic mass is 10.2. The molecule has 0 saturated carbocycles. The van der Waals surface area contributed by atoms with E-state index in [0.717, 1.165) is 11.0 Å². The van der Waals surface area contributed by atoms with Crippen molar-refractivity contribution in [2.45, 2.75) is 20.4 Å². The van der Waals surface area contributed by atoms with Gasteiger partial charge < -0.3 is 5.11 Å². The Morgan fingerprint density at radius 3 is 2.76 bits per heavy atom. The minimum Gasteiger partial charge on any atom is -0.478 e. The highest BCUT2D eigenvalue weighted by Crippen LogP contribution is 2.18. The van der Waals surface area contributed by atoms with Gasteiger partial charge in [0.25, 0.3) is 11.1 Å². The van der Waals surface area contributed by atoms with E-state index in [1.807, 2.05) is 0 Å². The fraction of sp³-hybridized carbons (Fsp3) is 0.214. The summed E-state index contributed by atoms with van der Waals surface area (Å²) >= 11 is 1.39. The Hall–Kier alpha value is -2.41. The van der Waals surface area contributed by atoms with Gasteiger partial charge >= 0.3 is 5.97 Å². The number of nitrogens with one attached hydrogen (secondary N) is 1. The average molecular weight is 306 g/mol. The number of rotatable bonds is 4. The second kappa shape index (κ2) is 5.92. The number of carbonyl (C=O) groups is 1. The van der Waals surface area contributed by atoms with Crippen LogP contribution in [0.15, 0.2) is 27.1 Å². The summed E-state index contributed by atoms with van der Waals surface area (Å²) in [6, 6.07) is 1.77. The maximum Gasteiger partial charge on any atom is 0.328 e. The van der Waals surface area contributed by atoms with Crippen LogP contribution in [0, 0.1) is 13.8 Å². The number of hydrogen-bond acceptors (Lipinski definition) is 4. The van der Waals surface area contributed by atoms with Crippen molar-refractivity contribution in [2.24, 2.45) is 0 Å². The lowest BCUT2D eigenvalue weighted by Gasteiger charge is -2.07. The number of nitrogens with zero attached hydrogens (tertiary/aromatic N) is 1. The molecule has 0 spiro atoms. The first-order valence-electron chi connectivity index (χ1n) is 6.18. The van der Waals surface area contributed by atoms with E-state index >= 15 is 0 Å². The molecule has 0 atom stereocenters. The molecule has 0 saturated heterocycles. The summed E-state index contributed by atoms with van der Waals surface area (Å²) in [6.07, 6.45) is 2.51. The third kappa shape index (κ3) is 3.19. The standard InChI is InChI=1S/C14H14N2O4S/c1-8-9(2)14(20)16(15-13(8)19)7-11-10(5-6-21-11)3-4-12(17)18/h3-6H,7H2,1-2H3,(H,15,19)(H,17,18). The number of carboxylic acid groups (broad SMARTS) is 1. The van der Waals surface area contributed by atoms with Gasteiger partial charge in [-0.1, -0.05) is 0 Å². The monoisotopic (exact) mass is 306 g/mol. The van der Waals surface area contributed by atoms with Gasteiger partial charge in [-0.05, 0) is 36.9 Å². The lowest BCUT2D eigenvalue weighted by molar-refractivity contribution is -0.131. The quantitative estimate of drug-likeness (QED) is 0.834. The van der Waals surface area contributed by atoms with Gasteiger partial charge in [0.05, 0.1) is 6.54 Å². The number of H-pyrrole nitrogens is 1. The van der Waals surface area contributed by atoms with Crippen LogP contribution in [0.2, 0.25) is 0 Å². The van der Waals surface area contributed by atoms with Gasteiger partial charge in [-0.2, -0.15) is 0 Å². The van der Waals surface area contributed by atoms with E-state index in [4.69, 9.17) is 5.11 Å². The van der Waals surface area contributed by atoms with Crippen LogP contribution in [0.1, 0.15) is 21.6 Å². The summed E-state index contributed by atoms with van der Waals surface area (Å²) < 4.78 is 1.24. The van der Waals surface area contributed by atoms with Gasteiger partial charge in [-0.25, -0.2) is 9.48 Å². The van der Waals surface area contributed by atoms with Crippen molar-refractivity contribution in [3.63, 3.8) is 0 Å². The van der Waals surface area contributed by atoms with Crippen LogP contribution in [0.3, 0.4) is 0 Å². The zero-order valence-corrected chi connectivity index (χ0v) is 12.4. The molecule has 7 heteroatoms. The number of aromatic amines is 1. The van der Waals surface area contributed by atoms with E-state index in [9.17, 15) is 14.4 Å². The minimum atomic E-state index is -1.04. The van der Waals surface area contributed by atoms with Crippen LogP contribution in [-0.4, -0.2) is 20.9 Å². The molecule has 0 bridgehead atoms. The first-order chi connectivity index (χ1) is 9.90. The van der Waals surface area contributed by atoms with Gasteiger partial charge in [0.1, 0.15) is 0 Å². The van der Waals surface area contributed by atoms with Crippen molar-refractivity contribution >= 4 is 23.4 Å². The molecule has 0 unspecified atom stereocenters. The predicted octanol–water partition coefficient (Wildman–Crippen LogP) is 1.36. The molecule has 0 aromatic carbocycles. The maximum atomic E-state index is 12.1. The number of hydrogen-bond donors (Lipinski definition) is 2. The van der Waals surface area contributed by atoms with Crippen LogP contribution in [-0.2, 0) is 11.3 Å². The van der Waals surface area contributed by atoms with Crippen LogP contribution < -0.4 is 11.1 Å². The highest BCUT2D eigenvalue weighted by Gasteiger charge is 2.10. The molecule has 0 amide bonds. The summed E-state index contributed by atoms with van der Waals surface area (Å²) in [7, 11) is 0. The second-order valence-corrected chi connectivity index (χ2v) is 5.55. The van der Waals surface area contributed by atoms with E-state index in [1.54, 1.807) is 25.3 Å². The Morgan fingerprint density at radius 1 is 1.38 bits per heavy atom. The predicted molar refractivity (Wildman–Crippen MR) is 80.9 cm³/mol. The van der Waals surface area contributed by atoms with Crippen LogP contribution >= 0.6 is 11.3 Å². The largest absolute Gasteiger partial charge is 0.478 e. The van der Waals surface area contributed by atoms with Gasteiger partial charge in [-0.15, -0.1) is 11.3 Å². The summed E-state index contributed by atoms with van der Waals surface area (Å²) in [4.78, 5) is 35.2. The van der Waals surface area contributed by atoms with Crippen molar-refractivity contribution in [3.8, 4) is 0 Å². The Kier molecular flexibility index (Phi) is 4.23. The van der Waals surface area contributed by atoms with Gasteiger partial charge in [0.15, 0.2) is 0 Å². The summed E-state index contributed by atoms with van der Waals surface area (Å²) in [5.74, 6) is -1.04. The van der Waals surface area contributed by atoms with E-state index in [0.29, 0.717) is 16.7 Å². The zero-order chi connectivity index (χ0) is 15.6. The molecule has 2 aromatic rings. The van der Waals surface area contributed by atoms with Crippen LogP contribution in [0.25, 0.3) is 6.08 Å². The highest BCUT2D eigenvalue weighted by molar-refractivity contribution is 7.10. The first-order valence-corrected chi connectivity index (χ1v) is 7.06. The topological polar surface area (TPSA) is 92.2 Å². The zero-order valence-electron chi connectivity index (χ0n) is 11.5.